The van der Waals surface area contributed by atoms with E-state index in [1.165, 1.54) is 7.11 Å². The van der Waals surface area contributed by atoms with Crippen LogP contribution in [0.3, 0.4) is 0 Å². The normalized spacial score (nSPS) is 14.1. The lowest BCUT2D eigenvalue weighted by Crippen LogP contribution is -2.32. The Hall–Kier alpha value is -3.66. The number of hydrogen-bond acceptors (Lipinski definition) is 7. The van der Waals surface area contributed by atoms with E-state index in [0.717, 1.165) is 16.7 Å². The van der Waals surface area contributed by atoms with Gasteiger partial charge in [-0.15, -0.1) is 0 Å². The standard InChI is InChI=1S/C27H22Cl2N2O6S/c1-35-22-14-17(13-20(29)25(22)37-16-24(32)30-21-10-6-5-9-19(21)28)15-23-26(33)31(27(34)38-23)11-12-36-18-7-3-2-4-8-18/h2-10,13-15H,11-12,16H2,1H3,(H,30,32)/b23-15-. The number of para-hydroxylation sites is 2. The first-order valence-electron chi connectivity index (χ1n) is 11.3. The third-order valence-corrected chi connectivity index (χ3v) is 6.76. The Morgan fingerprint density at radius 3 is 2.47 bits per heavy atom. The van der Waals surface area contributed by atoms with E-state index >= 15 is 0 Å². The zero-order valence-electron chi connectivity index (χ0n) is 20.1. The molecule has 0 saturated carbocycles. The average Bonchev–Trinajstić information content (AvgIpc) is 3.17. The van der Waals surface area contributed by atoms with E-state index in [9.17, 15) is 14.4 Å². The van der Waals surface area contributed by atoms with E-state index in [4.69, 9.17) is 37.4 Å². The lowest BCUT2D eigenvalue weighted by Gasteiger charge is -2.14. The van der Waals surface area contributed by atoms with Gasteiger partial charge in [0, 0.05) is 0 Å². The number of nitrogens with zero attached hydrogens (tertiary/aromatic N) is 1. The van der Waals surface area contributed by atoms with E-state index < -0.39 is 11.8 Å². The van der Waals surface area contributed by atoms with Crippen LogP contribution in [0.25, 0.3) is 6.08 Å². The molecule has 0 spiro atoms. The molecule has 1 aliphatic heterocycles. The van der Waals surface area contributed by atoms with Gasteiger partial charge < -0.3 is 19.5 Å². The first kappa shape index (κ1) is 27.4. The van der Waals surface area contributed by atoms with Gasteiger partial charge in [0.25, 0.3) is 17.1 Å². The maximum Gasteiger partial charge on any atom is 0.293 e. The van der Waals surface area contributed by atoms with Crippen LogP contribution in [0, 0.1) is 0 Å². The Labute approximate surface area is 233 Å². The summed E-state index contributed by atoms with van der Waals surface area (Å²) in [5.74, 6) is 0.200. The second-order valence-corrected chi connectivity index (χ2v) is 9.65. The molecule has 0 unspecified atom stereocenters. The van der Waals surface area contributed by atoms with E-state index in [1.807, 2.05) is 18.2 Å². The molecule has 4 rings (SSSR count). The molecule has 3 amide bonds. The molecule has 0 aliphatic carbocycles. The van der Waals surface area contributed by atoms with Crippen molar-refractivity contribution in [2.75, 3.05) is 32.2 Å². The molecule has 3 aromatic rings. The fourth-order valence-electron chi connectivity index (χ4n) is 3.47. The molecule has 0 aromatic heterocycles. The smallest absolute Gasteiger partial charge is 0.293 e. The molecule has 1 N–H and O–H groups in total. The van der Waals surface area contributed by atoms with E-state index in [0.29, 0.717) is 22.0 Å². The first-order chi connectivity index (χ1) is 18.4. The highest BCUT2D eigenvalue weighted by atomic mass is 35.5. The third-order valence-electron chi connectivity index (χ3n) is 5.25. The molecule has 1 saturated heterocycles. The van der Waals surface area contributed by atoms with Crippen molar-refractivity contribution in [2.24, 2.45) is 0 Å². The number of carbonyl (C=O) groups is 3. The fourth-order valence-corrected chi connectivity index (χ4v) is 4.79. The van der Waals surface area contributed by atoms with Gasteiger partial charge in [-0.25, -0.2) is 0 Å². The predicted octanol–water partition coefficient (Wildman–Crippen LogP) is 6.13. The lowest BCUT2D eigenvalue weighted by atomic mass is 10.1. The van der Waals surface area contributed by atoms with Crippen LogP contribution in [0.5, 0.6) is 17.2 Å². The van der Waals surface area contributed by atoms with Gasteiger partial charge in [-0.2, -0.15) is 0 Å². The predicted molar refractivity (Wildman–Crippen MR) is 148 cm³/mol. The van der Waals surface area contributed by atoms with Crippen LogP contribution < -0.4 is 19.5 Å². The number of halogens is 2. The van der Waals surface area contributed by atoms with Gasteiger partial charge in [-0.1, -0.05) is 53.5 Å². The molecule has 1 fully saturated rings. The summed E-state index contributed by atoms with van der Waals surface area (Å²) in [5.41, 5.74) is 0.975. The largest absolute Gasteiger partial charge is 0.493 e. The van der Waals surface area contributed by atoms with Crippen LogP contribution in [0.1, 0.15) is 5.56 Å². The number of methoxy groups -OCH3 is 1. The second-order valence-electron chi connectivity index (χ2n) is 7.85. The zero-order chi connectivity index (χ0) is 27.1. The monoisotopic (exact) mass is 572 g/mol. The summed E-state index contributed by atoms with van der Waals surface area (Å²) in [7, 11) is 1.42. The maximum atomic E-state index is 12.8. The molecule has 8 nitrogen and oxygen atoms in total. The highest BCUT2D eigenvalue weighted by Crippen LogP contribution is 2.39. The van der Waals surface area contributed by atoms with E-state index in [-0.39, 0.29) is 46.4 Å². The number of nitrogens with one attached hydrogen (secondary N) is 1. The van der Waals surface area contributed by atoms with Gasteiger partial charge in [0.2, 0.25) is 0 Å². The van der Waals surface area contributed by atoms with Crippen LogP contribution in [0.4, 0.5) is 10.5 Å². The number of ether oxygens (including phenoxy) is 3. The number of thioether (sulfide) groups is 1. The van der Waals surface area contributed by atoms with Crippen LogP contribution in [-0.2, 0) is 9.59 Å². The number of benzene rings is 3. The van der Waals surface area contributed by atoms with E-state index in [2.05, 4.69) is 5.32 Å². The number of anilines is 1. The number of imide groups is 1. The van der Waals surface area contributed by atoms with E-state index in [1.54, 1.807) is 54.6 Å². The van der Waals surface area contributed by atoms with Crippen molar-refractivity contribution >= 4 is 63.8 Å². The quantitative estimate of drug-likeness (QED) is 0.292. The lowest BCUT2D eigenvalue weighted by molar-refractivity contribution is -0.123. The molecule has 11 heteroatoms. The van der Waals surface area contributed by atoms with Crippen LogP contribution in [0.15, 0.2) is 71.6 Å². The molecule has 1 aliphatic rings. The van der Waals surface area contributed by atoms with Crippen LogP contribution >= 0.6 is 35.0 Å². The Morgan fingerprint density at radius 1 is 1.00 bits per heavy atom. The molecular weight excluding hydrogens is 551 g/mol. The summed E-state index contributed by atoms with van der Waals surface area (Å²) in [6.07, 6.45) is 1.55. The molecular formula is C27H22Cl2N2O6S. The molecule has 38 heavy (non-hydrogen) atoms. The minimum atomic E-state index is -0.440. The van der Waals surface area contributed by atoms with Crippen LogP contribution in [0.2, 0.25) is 10.0 Å². The van der Waals surface area contributed by atoms with Gasteiger partial charge in [-0.05, 0) is 59.8 Å². The van der Waals surface area contributed by atoms with Crippen molar-refractivity contribution in [2.45, 2.75) is 0 Å². The number of rotatable bonds is 10. The van der Waals surface area contributed by atoms with Crippen molar-refractivity contribution in [3.63, 3.8) is 0 Å². The molecule has 0 atom stereocenters. The van der Waals surface area contributed by atoms with Crippen molar-refractivity contribution in [3.05, 3.63) is 87.2 Å². The topological polar surface area (TPSA) is 94.2 Å². The van der Waals surface area contributed by atoms with Gasteiger partial charge in [-0.3, -0.25) is 19.3 Å². The fraction of sp³-hybridized carbons (Fsp3) is 0.148. The summed E-state index contributed by atoms with van der Waals surface area (Å²) in [5, 5.41) is 2.83. The molecule has 0 bridgehead atoms. The van der Waals surface area contributed by atoms with Gasteiger partial charge in [0.1, 0.15) is 12.4 Å². The highest BCUT2D eigenvalue weighted by molar-refractivity contribution is 8.18. The SMILES string of the molecule is COc1cc(/C=C2\SC(=O)N(CCOc3ccccc3)C2=O)cc(Cl)c1OCC(=O)Nc1ccccc1Cl. The maximum absolute atomic E-state index is 12.8. The van der Waals surface area contributed by atoms with Crippen molar-refractivity contribution in [1.29, 1.82) is 0 Å². The minimum Gasteiger partial charge on any atom is -0.493 e. The zero-order valence-corrected chi connectivity index (χ0v) is 22.4. The highest BCUT2D eigenvalue weighted by Gasteiger charge is 2.35. The van der Waals surface area contributed by atoms with Gasteiger partial charge in [0.05, 0.1) is 34.3 Å². The van der Waals surface area contributed by atoms with Crippen molar-refractivity contribution < 1.29 is 28.6 Å². The summed E-state index contributed by atoms with van der Waals surface area (Å²) in [4.78, 5) is 39.0. The van der Waals surface area contributed by atoms with Gasteiger partial charge >= 0.3 is 0 Å². The van der Waals surface area contributed by atoms with Crippen molar-refractivity contribution in [1.82, 2.24) is 4.90 Å². The molecule has 196 valence electrons. The second kappa shape index (κ2) is 12.7. The summed E-state index contributed by atoms with van der Waals surface area (Å²) >= 11 is 13.3. The number of amides is 3. The number of hydrogen-bond donors (Lipinski definition) is 1. The first-order valence-corrected chi connectivity index (χ1v) is 12.9. The molecule has 3 aromatic carbocycles. The molecule has 1 heterocycles. The third kappa shape index (κ3) is 6.80. The van der Waals surface area contributed by atoms with Crippen LogP contribution in [-0.4, -0.2) is 48.8 Å². The minimum absolute atomic E-state index is 0.115. The van der Waals surface area contributed by atoms with Crippen molar-refractivity contribution in [3.8, 4) is 17.2 Å². The summed E-state index contributed by atoms with van der Waals surface area (Å²) in [6, 6.07) is 19.1. The Balaban J connectivity index is 1.40. The Kier molecular flexibility index (Phi) is 9.17. The van der Waals surface area contributed by atoms with Gasteiger partial charge in [0.15, 0.2) is 18.1 Å². The average molecular weight is 573 g/mol. The molecule has 0 radical (unpaired) electrons. The number of carbonyl (C=O) groups excluding carboxylic acids is 3. The summed E-state index contributed by atoms with van der Waals surface area (Å²) < 4.78 is 16.6. The Bertz CT molecular complexity index is 1380. The summed E-state index contributed by atoms with van der Waals surface area (Å²) in [6.45, 7) is -0.0559. The Morgan fingerprint density at radius 2 is 1.74 bits per heavy atom.